The summed E-state index contributed by atoms with van der Waals surface area (Å²) in [5.74, 6) is 1.72. The molecule has 2 aliphatic heterocycles. The number of piperazine rings is 1. The van der Waals surface area contributed by atoms with Crippen LogP contribution in [0.1, 0.15) is 5.69 Å². The number of morpholine rings is 1. The van der Waals surface area contributed by atoms with E-state index in [1.807, 2.05) is 35.2 Å². The fourth-order valence-electron chi connectivity index (χ4n) is 3.94. The summed E-state index contributed by atoms with van der Waals surface area (Å²) in [6, 6.07) is 9.56. The zero-order valence-corrected chi connectivity index (χ0v) is 16.7. The van der Waals surface area contributed by atoms with E-state index in [1.165, 1.54) is 0 Å². The minimum atomic E-state index is 0.0744. The number of hydrogen-bond donors (Lipinski definition) is 0. The second-order valence-corrected chi connectivity index (χ2v) is 7.48. The van der Waals surface area contributed by atoms with Crippen LogP contribution in [-0.4, -0.2) is 78.4 Å². The van der Waals surface area contributed by atoms with Crippen molar-refractivity contribution in [3.05, 3.63) is 42.2 Å². The summed E-state index contributed by atoms with van der Waals surface area (Å²) >= 11 is 0. The van der Waals surface area contributed by atoms with Gasteiger partial charge in [-0.2, -0.15) is 4.98 Å². The number of anilines is 2. The molecule has 9 heteroatoms. The van der Waals surface area contributed by atoms with Crippen LogP contribution in [0.25, 0.3) is 11.0 Å². The molecule has 2 fully saturated rings. The predicted octanol–water partition coefficient (Wildman–Crippen LogP) is 1.35. The van der Waals surface area contributed by atoms with Crippen molar-refractivity contribution >= 4 is 28.6 Å². The SMILES string of the molecule is O=C(Cc1noc2ccccc12)N1CCN(c2ccnc(N3CCOCC3)n2)CC1. The molecule has 2 aromatic heterocycles. The van der Waals surface area contributed by atoms with Crippen molar-refractivity contribution in [3.63, 3.8) is 0 Å². The second kappa shape index (κ2) is 8.27. The average Bonchev–Trinajstić information content (AvgIpc) is 3.23. The van der Waals surface area contributed by atoms with Crippen LogP contribution in [0.5, 0.6) is 0 Å². The molecule has 2 saturated heterocycles. The molecule has 4 heterocycles. The lowest BCUT2D eigenvalue weighted by atomic mass is 10.1. The van der Waals surface area contributed by atoms with E-state index in [0.29, 0.717) is 37.6 Å². The molecule has 30 heavy (non-hydrogen) atoms. The molecule has 0 aliphatic carbocycles. The Morgan fingerprint density at radius 3 is 2.60 bits per heavy atom. The van der Waals surface area contributed by atoms with Gasteiger partial charge < -0.3 is 24.0 Å². The molecule has 0 atom stereocenters. The molecule has 0 radical (unpaired) electrons. The number of nitrogens with zero attached hydrogens (tertiary/aromatic N) is 6. The molecule has 0 N–H and O–H groups in total. The topological polar surface area (TPSA) is 87.8 Å². The van der Waals surface area contributed by atoms with Crippen molar-refractivity contribution < 1.29 is 14.1 Å². The van der Waals surface area contributed by atoms with E-state index in [-0.39, 0.29) is 12.3 Å². The van der Waals surface area contributed by atoms with Gasteiger partial charge in [0.2, 0.25) is 11.9 Å². The highest BCUT2D eigenvalue weighted by molar-refractivity contribution is 5.86. The lowest BCUT2D eigenvalue weighted by molar-refractivity contribution is -0.130. The molecule has 3 aromatic rings. The first-order chi connectivity index (χ1) is 14.8. The number of amides is 1. The van der Waals surface area contributed by atoms with Crippen LogP contribution in [0, 0.1) is 0 Å². The molecular weight excluding hydrogens is 384 g/mol. The summed E-state index contributed by atoms with van der Waals surface area (Å²) in [5.41, 5.74) is 1.41. The minimum Gasteiger partial charge on any atom is -0.378 e. The van der Waals surface area contributed by atoms with E-state index in [9.17, 15) is 4.79 Å². The van der Waals surface area contributed by atoms with Crippen molar-refractivity contribution in [1.82, 2.24) is 20.0 Å². The van der Waals surface area contributed by atoms with E-state index in [1.54, 1.807) is 6.20 Å². The third-order valence-corrected chi connectivity index (χ3v) is 5.65. The number of carbonyl (C=O) groups excluding carboxylic acids is 1. The monoisotopic (exact) mass is 408 g/mol. The van der Waals surface area contributed by atoms with Crippen molar-refractivity contribution in [2.75, 3.05) is 62.3 Å². The van der Waals surface area contributed by atoms with Gasteiger partial charge in [-0.15, -0.1) is 0 Å². The largest absolute Gasteiger partial charge is 0.378 e. The molecule has 0 unspecified atom stereocenters. The lowest BCUT2D eigenvalue weighted by Gasteiger charge is -2.36. The smallest absolute Gasteiger partial charge is 0.228 e. The summed E-state index contributed by atoms with van der Waals surface area (Å²) in [4.78, 5) is 28.2. The van der Waals surface area contributed by atoms with Gasteiger partial charge in [-0.05, 0) is 18.2 Å². The Morgan fingerprint density at radius 2 is 1.77 bits per heavy atom. The normalized spacial score (nSPS) is 17.5. The van der Waals surface area contributed by atoms with Gasteiger partial charge in [0.1, 0.15) is 11.5 Å². The Morgan fingerprint density at radius 1 is 0.967 bits per heavy atom. The number of fused-ring (bicyclic) bond motifs is 1. The van der Waals surface area contributed by atoms with Crippen molar-refractivity contribution in [2.24, 2.45) is 0 Å². The number of aromatic nitrogens is 3. The Hall–Kier alpha value is -3.20. The molecule has 0 bridgehead atoms. The van der Waals surface area contributed by atoms with Crippen LogP contribution in [0.4, 0.5) is 11.8 Å². The van der Waals surface area contributed by atoms with E-state index in [2.05, 4.69) is 19.9 Å². The molecule has 1 aromatic carbocycles. The van der Waals surface area contributed by atoms with Gasteiger partial charge in [0, 0.05) is 50.9 Å². The number of para-hydroxylation sites is 1. The summed E-state index contributed by atoms with van der Waals surface area (Å²) in [6.45, 7) is 5.82. The Labute approximate surface area is 174 Å². The Balaban J connectivity index is 1.20. The van der Waals surface area contributed by atoms with Gasteiger partial charge in [-0.3, -0.25) is 4.79 Å². The highest BCUT2D eigenvalue weighted by Gasteiger charge is 2.24. The number of carbonyl (C=O) groups is 1. The maximum Gasteiger partial charge on any atom is 0.228 e. The molecule has 2 aliphatic rings. The van der Waals surface area contributed by atoms with E-state index < -0.39 is 0 Å². The fourth-order valence-corrected chi connectivity index (χ4v) is 3.94. The Bertz CT molecular complexity index is 1020. The van der Waals surface area contributed by atoms with Crippen molar-refractivity contribution in [2.45, 2.75) is 6.42 Å². The standard InChI is InChI=1S/C21H24N6O3/c28-20(15-17-16-3-1-2-4-18(16)30-24-17)26-9-7-25(8-10-26)19-5-6-22-21(23-19)27-11-13-29-14-12-27/h1-6H,7-15H2. The summed E-state index contributed by atoms with van der Waals surface area (Å²) in [7, 11) is 0. The fraction of sp³-hybridized carbons (Fsp3) is 0.429. The maximum atomic E-state index is 12.8. The maximum absolute atomic E-state index is 12.8. The second-order valence-electron chi connectivity index (χ2n) is 7.48. The predicted molar refractivity (Wildman–Crippen MR) is 112 cm³/mol. The first-order valence-electron chi connectivity index (χ1n) is 10.3. The molecule has 5 rings (SSSR count). The van der Waals surface area contributed by atoms with Crippen LogP contribution in [0.2, 0.25) is 0 Å². The third-order valence-electron chi connectivity index (χ3n) is 5.65. The van der Waals surface area contributed by atoms with E-state index in [0.717, 1.165) is 43.3 Å². The highest BCUT2D eigenvalue weighted by Crippen LogP contribution is 2.20. The summed E-state index contributed by atoms with van der Waals surface area (Å²) < 4.78 is 10.7. The van der Waals surface area contributed by atoms with Crippen molar-refractivity contribution in [1.29, 1.82) is 0 Å². The molecule has 0 saturated carbocycles. The highest BCUT2D eigenvalue weighted by atomic mass is 16.5. The lowest BCUT2D eigenvalue weighted by Crippen LogP contribution is -2.49. The van der Waals surface area contributed by atoms with Crippen LogP contribution < -0.4 is 9.80 Å². The average molecular weight is 408 g/mol. The number of benzene rings is 1. The third kappa shape index (κ3) is 3.80. The van der Waals surface area contributed by atoms with Crippen LogP contribution in [-0.2, 0) is 16.0 Å². The van der Waals surface area contributed by atoms with Gasteiger partial charge in [0.15, 0.2) is 5.58 Å². The summed E-state index contributed by atoms with van der Waals surface area (Å²) in [5, 5.41) is 4.99. The van der Waals surface area contributed by atoms with Gasteiger partial charge in [-0.1, -0.05) is 17.3 Å². The van der Waals surface area contributed by atoms with E-state index >= 15 is 0 Å². The van der Waals surface area contributed by atoms with Crippen molar-refractivity contribution in [3.8, 4) is 0 Å². The van der Waals surface area contributed by atoms with Gasteiger partial charge in [0.25, 0.3) is 0 Å². The van der Waals surface area contributed by atoms with Crippen LogP contribution >= 0.6 is 0 Å². The first kappa shape index (κ1) is 18.8. The summed E-state index contributed by atoms with van der Waals surface area (Å²) in [6.07, 6.45) is 2.06. The Kier molecular flexibility index (Phi) is 5.18. The molecular formula is C21H24N6O3. The molecule has 156 valence electrons. The first-order valence-corrected chi connectivity index (χ1v) is 10.3. The van der Waals surface area contributed by atoms with Gasteiger partial charge in [0.05, 0.1) is 19.6 Å². The zero-order valence-electron chi connectivity index (χ0n) is 16.7. The number of ether oxygens (including phenoxy) is 1. The van der Waals surface area contributed by atoms with Crippen LogP contribution in [0.15, 0.2) is 41.1 Å². The molecule has 9 nitrogen and oxygen atoms in total. The molecule has 0 spiro atoms. The molecule has 1 amide bonds. The van der Waals surface area contributed by atoms with Gasteiger partial charge >= 0.3 is 0 Å². The number of rotatable bonds is 4. The van der Waals surface area contributed by atoms with Crippen LogP contribution in [0.3, 0.4) is 0 Å². The van der Waals surface area contributed by atoms with E-state index in [4.69, 9.17) is 14.2 Å². The number of hydrogen-bond acceptors (Lipinski definition) is 8. The zero-order chi connectivity index (χ0) is 20.3. The minimum absolute atomic E-state index is 0.0744. The quantitative estimate of drug-likeness (QED) is 0.639. The van der Waals surface area contributed by atoms with Gasteiger partial charge in [-0.25, -0.2) is 4.98 Å².